The van der Waals surface area contributed by atoms with Gasteiger partial charge in [0.05, 0.1) is 11.0 Å². The monoisotopic (exact) mass is 364 g/mol. The normalized spacial score (nSPS) is 19.5. The summed E-state index contributed by atoms with van der Waals surface area (Å²) in [6.45, 7) is -1.94. The molecule has 138 valence electrons. The second kappa shape index (κ2) is 8.09. The third-order valence-corrected chi connectivity index (χ3v) is 4.28. The standard InChI is InChI=1S/C18H18F2N2O4/c19-18(20)26-16-10-14(6-7-15(16)22(23)24)21-11-13-8-9-25-17(13)12-4-2-1-3-5-12/h1-7,10,13,17-18,21H,8-9,11H2. The average Bonchev–Trinajstić information content (AvgIpc) is 3.08. The van der Waals surface area contributed by atoms with Gasteiger partial charge in [-0.15, -0.1) is 0 Å². The van der Waals surface area contributed by atoms with Crippen molar-refractivity contribution < 1.29 is 23.2 Å². The van der Waals surface area contributed by atoms with Crippen molar-refractivity contribution in [2.24, 2.45) is 5.92 Å². The van der Waals surface area contributed by atoms with Crippen molar-refractivity contribution in [1.29, 1.82) is 0 Å². The molecule has 0 saturated carbocycles. The molecule has 0 aromatic heterocycles. The molecule has 2 aromatic carbocycles. The zero-order valence-corrected chi connectivity index (χ0v) is 13.8. The Morgan fingerprint density at radius 1 is 1.27 bits per heavy atom. The molecule has 2 atom stereocenters. The molecule has 1 fully saturated rings. The number of ether oxygens (including phenoxy) is 2. The summed E-state index contributed by atoms with van der Waals surface area (Å²) in [6.07, 6.45) is 0.818. The van der Waals surface area contributed by atoms with Crippen molar-refractivity contribution in [3.63, 3.8) is 0 Å². The minimum absolute atomic E-state index is 0.0430. The summed E-state index contributed by atoms with van der Waals surface area (Å²) < 4.78 is 35.1. The van der Waals surface area contributed by atoms with Crippen LogP contribution in [0.5, 0.6) is 5.75 Å². The van der Waals surface area contributed by atoms with Crippen molar-refractivity contribution >= 4 is 11.4 Å². The topological polar surface area (TPSA) is 73.6 Å². The van der Waals surface area contributed by atoms with Crippen LogP contribution in [0.1, 0.15) is 18.1 Å². The Morgan fingerprint density at radius 3 is 2.73 bits per heavy atom. The van der Waals surface area contributed by atoms with E-state index in [4.69, 9.17) is 4.74 Å². The highest BCUT2D eigenvalue weighted by Crippen LogP contribution is 2.35. The first-order valence-electron chi connectivity index (χ1n) is 8.18. The lowest BCUT2D eigenvalue weighted by Crippen LogP contribution is -2.18. The predicted molar refractivity (Wildman–Crippen MR) is 91.5 cm³/mol. The number of nitrogens with one attached hydrogen (secondary N) is 1. The molecule has 0 bridgehead atoms. The number of nitro groups is 1. The number of benzene rings is 2. The Morgan fingerprint density at radius 2 is 2.04 bits per heavy atom. The molecule has 1 heterocycles. The SMILES string of the molecule is O=[N+]([O-])c1ccc(NCC2CCOC2c2ccccc2)cc1OC(F)F. The maximum Gasteiger partial charge on any atom is 0.387 e. The van der Waals surface area contributed by atoms with E-state index in [1.807, 2.05) is 30.3 Å². The van der Waals surface area contributed by atoms with E-state index in [2.05, 4.69) is 10.1 Å². The molecule has 3 rings (SSSR count). The van der Waals surface area contributed by atoms with Crippen LogP contribution in [0.25, 0.3) is 0 Å². The van der Waals surface area contributed by atoms with Gasteiger partial charge in [-0.1, -0.05) is 30.3 Å². The van der Waals surface area contributed by atoms with Crippen LogP contribution in [0.15, 0.2) is 48.5 Å². The molecule has 6 nitrogen and oxygen atoms in total. The van der Waals surface area contributed by atoms with Crippen molar-refractivity contribution in [1.82, 2.24) is 0 Å². The Kier molecular flexibility index (Phi) is 5.62. The summed E-state index contributed by atoms with van der Waals surface area (Å²) in [4.78, 5) is 10.2. The molecule has 1 aliphatic rings. The van der Waals surface area contributed by atoms with Crippen molar-refractivity contribution in [3.8, 4) is 5.75 Å². The van der Waals surface area contributed by atoms with E-state index in [0.717, 1.165) is 18.1 Å². The molecule has 0 aliphatic carbocycles. The molecule has 1 aliphatic heterocycles. The molecule has 8 heteroatoms. The lowest BCUT2D eigenvalue weighted by Gasteiger charge is -2.20. The first-order chi connectivity index (χ1) is 12.5. The summed E-state index contributed by atoms with van der Waals surface area (Å²) in [5.41, 5.74) is 1.06. The van der Waals surface area contributed by atoms with Crippen LogP contribution in [0.4, 0.5) is 20.2 Å². The molecular weight excluding hydrogens is 346 g/mol. The molecule has 1 N–H and O–H groups in total. The van der Waals surface area contributed by atoms with Crippen molar-refractivity contribution in [2.45, 2.75) is 19.1 Å². The van der Waals surface area contributed by atoms with Crippen molar-refractivity contribution in [3.05, 3.63) is 64.2 Å². The van der Waals surface area contributed by atoms with E-state index < -0.39 is 23.0 Å². The van der Waals surface area contributed by atoms with Gasteiger partial charge in [-0.3, -0.25) is 10.1 Å². The molecule has 0 spiro atoms. The maximum atomic E-state index is 12.5. The number of nitrogens with zero attached hydrogens (tertiary/aromatic N) is 1. The summed E-state index contributed by atoms with van der Waals surface area (Å²) >= 11 is 0. The second-order valence-corrected chi connectivity index (χ2v) is 5.95. The number of hydrogen-bond acceptors (Lipinski definition) is 5. The van der Waals surface area contributed by atoms with Crippen LogP contribution in [0.2, 0.25) is 0 Å². The highest BCUT2D eigenvalue weighted by molar-refractivity contribution is 5.58. The van der Waals surface area contributed by atoms with Gasteiger partial charge in [0.25, 0.3) is 0 Å². The van der Waals surface area contributed by atoms with Gasteiger partial charge >= 0.3 is 12.3 Å². The largest absolute Gasteiger partial charge is 0.427 e. The van der Waals surface area contributed by atoms with Gasteiger partial charge in [-0.25, -0.2) is 0 Å². The molecule has 2 unspecified atom stereocenters. The van der Waals surface area contributed by atoms with Crippen LogP contribution < -0.4 is 10.1 Å². The van der Waals surface area contributed by atoms with Gasteiger partial charge in [0.1, 0.15) is 0 Å². The van der Waals surface area contributed by atoms with E-state index in [0.29, 0.717) is 18.8 Å². The molecular formula is C18H18F2N2O4. The Hall–Kier alpha value is -2.74. The quantitative estimate of drug-likeness (QED) is 0.583. The smallest absolute Gasteiger partial charge is 0.387 e. The summed E-state index contributed by atoms with van der Waals surface area (Å²) in [7, 11) is 0. The first kappa shape index (κ1) is 18.1. The minimum atomic E-state index is -3.13. The van der Waals surface area contributed by atoms with Gasteiger partial charge in [-0.05, 0) is 18.1 Å². The second-order valence-electron chi connectivity index (χ2n) is 5.95. The zero-order valence-electron chi connectivity index (χ0n) is 13.8. The number of hydrogen-bond donors (Lipinski definition) is 1. The van der Waals surface area contributed by atoms with Gasteiger partial charge in [-0.2, -0.15) is 8.78 Å². The maximum absolute atomic E-state index is 12.5. The highest BCUT2D eigenvalue weighted by Gasteiger charge is 2.29. The van der Waals surface area contributed by atoms with Gasteiger partial charge in [0.15, 0.2) is 0 Å². The lowest BCUT2D eigenvalue weighted by atomic mass is 9.95. The van der Waals surface area contributed by atoms with Crippen LogP contribution >= 0.6 is 0 Å². The molecule has 26 heavy (non-hydrogen) atoms. The van der Waals surface area contributed by atoms with Gasteiger partial charge < -0.3 is 14.8 Å². The molecule has 0 radical (unpaired) electrons. The Balaban J connectivity index is 1.70. The molecule has 2 aromatic rings. The number of nitro benzene ring substituents is 1. The van der Waals surface area contributed by atoms with Crippen LogP contribution in [-0.2, 0) is 4.74 Å². The van der Waals surface area contributed by atoms with E-state index in [-0.39, 0.29) is 12.0 Å². The fourth-order valence-corrected chi connectivity index (χ4v) is 3.07. The lowest BCUT2D eigenvalue weighted by molar-refractivity contribution is -0.386. The Bertz CT molecular complexity index is 758. The predicted octanol–water partition coefficient (Wildman–Crippen LogP) is 4.39. The third kappa shape index (κ3) is 4.26. The molecule has 0 amide bonds. The van der Waals surface area contributed by atoms with E-state index in [9.17, 15) is 18.9 Å². The van der Waals surface area contributed by atoms with E-state index in [1.165, 1.54) is 12.1 Å². The molecule has 1 saturated heterocycles. The highest BCUT2D eigenvalue weighted by atomic mass is 19.3. The summed E-state index contributed by atoms with van der Waals surface area (Å²) in [5, 5.41) is 14.1. The summed E-state index contributed by atoms with van der Waals surface area (Å²) in [5.74, 6) is -0.260. The van der Waals surface area contributed by atoms with Gasteiger partial charge in [0, 0.05) is 36.9 Å². The number of rotatable bonds is 7. The van der Waals surface area contributed by atoms with Gasteiger partial charge in [0.2, 0.25) is 5.75 Å². The fraction of sp³-hybridized carbons (Fsp3) is 0.333. The Labute approximate surface area is 148 Å². The van der Waals surface area contributed by atoms with Crippen LogP contribution in [0, 0.1) is 16.0 Å². The van der Waals surface area contributed by atoms with E-state index in [1.54, 1.807) is 0 Å². The minimum Gasteiger partial charge on any atom is -0.427 e. The van der Waals surface area contributed by atoms with Crippen LogP contribution in [0.3, 0.4) is 0 Å². The number of anilines is 1. The number of alkyl halides is 2. The summed E-state index contributed by atoms with van der Waals surface area (Å²) in [6, 6.07) is 13.7. The van der Waals surface area contributed by atoms with E-state index >= 15 is 0 Å². The first-order valence-corrected chi connectivity index (χ1v) is 8.18. The fourth-order valence-electron chi connectivity index (χ4n) is 3.07. The zero-order chi connectivity index (χ0) is 18.5. The average molecular weight is 364 g/mol. The van der Waals surface area contributed by atoms with Crippen LogP contribution in [-0.4, -0.2) is 24.7 Å². The number of halogens is 2. The van der Waals surface area contributed by atoms with Crippen molar-refractivity contribution in [2.75, 3.05) is 18.5 Å². The third-order valence-electron chi connectivity index (χ3n) is 4.28.